The second-order valence-electron chi connectivity index (χ2n) is 4.40. The van der Waals surface area contributed by atoms with Gasteiger partial charge >= 0.3 is 0 Å². The number of carbonyl (C=O) groups excluding carboxylic acids is 1. The number of amides is 1. The van der Waals surface area contributed by atoms with Crippen LogP contribution in [0.1, 0.15) is 21.5 Å². The Morgan fingerprint density at radius 3 is 2.05 bits per heavy atom. The fourth-order valence-corrected chi connectivity index (χ4v) is 1.79. The molecule has 0 aliphatic heterocycles. The molecule has 6 heteroatoms. The second kappa shape index (κ2) is 6.41. The SMILES string of the molecule is O=C(NCc1ccc(CO)cc1)c1c(F)cc(F)cc1F. The molecule has 0 unspecified atom stereocenters. The van der Waals surface area contributed by atoms with Gasteiger partial charge in [0, 0.05) is 18.7 Å². The number of carbonyl (C=O) groups is 1. The van der Waals surface area contributed by atoms with Crippen molar-refractivity contribution >= 4 is 5.91 Å². The average molecular weight is 295 g/mol. The zero-order valence-corrected chi connectivity index (χ0v) is 10.9. The van der Waals surface area contributed by atoms with Gasteiger partial charge in [-0.2, -0.15) is 0 Å². The molecule has 2 aromatic carbocycles. The van der Waals surface area contributed by atoms with E-state index in [-0.39, 0.29) is 13.2 Å². The first-order valence-electron chi connectivity index (χ1n) is 6.12. The number of halogens is 3. The zero-order chi connectivity index (χ0) is 15.4. The normalized spacial score (nSPS) is 10.5. The predicted octanol–water partition coefficient (Wildman–Crippen LogP) is 2.53. The Bertz CT molecular complexity index is 633. The minimum Gasteiger partial charge on any atom is -0.392 e. The van der Waals surface area contributed by atoms with E-state index in [9.17, 15) is 18.0 Å². The molecule has 21 heavy (non-hydrogen) atoms. The van der Waals surface area contributed by atoms with Gasteiger partial charge < -0.3 is 10.4 Å². The van der Waals surface area contributed by atoms with Crippen LogP contribution in [-0.4, -0.2) is 11.0 Å². The van der Waals surface area contributed by atoms with Crippen LogP contribution >= 0.6 is 0 Å². The van der Waals surface area contributed by atoms with Crippen LogP contribution in [0.2, 0.25) is 0 Å². The maximum atomic E-state index is 13.4. The molecule has 2 rings (SSSR count). The summed E-state index contributed by atoms with van der Waals surface area (Å²) in [5.74, 6) is -4.54. The molecule has 3 nitrogen and oxygen atoms in total. The molecule has 0 saturated carbocycles. The number of hydrogen-bond donors (Lipinski definition) is 2. The first kappa shape index (κ1) is 15.1. The summed E-state index contributed by atoms with van der Waals surface area (Å²) in [4.78, 5) is 11.7. The number of aliphatic hydroxyl groups is 1. The number of benzene rings is 2. The molecule has 0 heterocycles. The lowest BCUT2D eigenvalue weighted by Crippen LogP contribution is -2.25. The lowest BCUT2D eigenvalue weighted by atomic mass is 10.1. The van der Waals surface area contributed by atoms with Crippen molar-refractivity contribution in [3.05, 3.63) is 70.5 Å². The zero-order valence-electron chi connectivity index (χ0n) is 10.9. The molecule has 110 valence electrons. The average Bonchev–Trinajstić information content (AvgIpc) is 2.44. The van der Waals surface area contributed by atoms with E-state index in [2.05, 4.69) is 5.32 Å². The molecule has 0 spiro atoms. The molecule has 0 fully saturated rings. The van der Waals surface area contributed by atoms with E-state index in [0.29, 0.717) is 23.3 Å². The minimum atomic E-state index is -1.25. The maximum Gasteiger partial charge on any atom is 0.257 e. The van der Waals surface area contributed by atoms with E-state index in [0.717, 1.165) is 0 Å². The summed E-state index contributed by atoms with van der Waals surface area (Å²) in [6.07, 6.45) is 0. The Labute approximate surface area is 119 Å². The predicted molar refractivity (Wildman–Crippen MR) is 69.9 cm³/mol. The monoisotopic (exact) mass is 295 g/mol. The molecule has 2 N–H and O–H groups in total. The van der Waals surface area contributed by atoms with Gasteiger partial charge in [0.25, 0.3) is 5.91 Å². The van der Waals surface area contributed by atoms with Gasteiger partial charge in [-0.25, -0.2) is 13.2 Å². The first-order valence-corrected chi connectivity index (χ1v) is 6.12. The standard InChI is InChI=1S/C15H12F3NO2/c16-11-5-12(17)14(13(18)6-11)15(21)19-7-9-1-3-10(8-20)4-2-9/h1-6,20H,7-8H2,(H,19,21). The van der Waals surface area contributed by atoms with Gasteiger partial charge in [-0.15, -0.1) is 0 Å². The van der Waals surface area contributed by atoms with Crippen LogP contribution in [0.15, 0.2) is 36.4 Å². The molecule has 0 atom stereocenters. The largest absolute Gasteiger partial charge is 0.392 e. The molecule has 0 bridgehead atoms. The van der Waals surface area contributed by atoms with Gasteiger partial charge in [-0.3, -0.25) is 4.79 Å². The van der Waals surface area contributed by atoms with Crippen molar-refractivity contribution < 1.29 is 23.1 Å². The Kier molecular flexibility index (Phi) is 4.59. The molecule has 0 radical (unpaired) electrons. The Balaban J connectivity index is 2.08. The van der Waals surface area contributed by atoms with Crippen molar-refractivity contribution in [2.75, 3.05) is 0 Å². The lowest BCUT2D eigenvalue weighted by Gasteiger charge is -2.08. The van der Waals surface area contributed by atoms with E-state index < -0.39 is 28.9 Å². The summed E-state index contributed by atoms with van der Waals surface area (Å²) < 4.78 is 39.6. The summed E-state index contributed by atoms with van der Waals surface area (Å²) in [6, 6.07) is 7.58. The van der Waals surface area contributed by atoms with E-state index in [1.165, 1.54) is 0 Å². The summed E-state index contributed by atoms with van der Waals surface area (Å²) in [5, 5.41) is 11.2. The molecule has 0 aromatic heterocycles. The van der Waals surface area contributed by atoms with E-state index in [1.54, 1.807) is 24.3 Å². The molecule has 1 amide bonds. The fraction of sp³-hybridized carbons (Fsp3) is 0.133. The van der Waals surface area contributed by atoms with Gasteiger partial charge in [0.15, 0.2) is 0 Å². The van der Waals surface area contributed by atoms with Crippen molar-refractivity contribution in [2.45, 2.75) is 13.2 Å². The van der Waals surface area contributed by atoms with Crippen LogP contribution in [0.25, 0.3) is 0 Å². The Morgan fingerprint density at radius 2 is 1.52 bits per heavy atom. The molecular weight excluding hydrogens is 283 g/mol. The highest BCUT2D eigenvalue weighted by molar-refractivity contribution is 5.94. The van der Waals surface area contributed by atoms with E-state index in [1.807, 2.05) is 0 Å². The lowest BCUT2D eigenvalue weighted by molar-refractivity contribution is 0.0942. The van der Waals surface area contributed by atoms with Crippen LogP contribution in [0.5, 0.6) is 0 Å². The smallest absolute Gasteiger partial charge is 0.257 e. The summed E-state index contributed by atoms with van der Waals surface area (Å²) >= 11 is 0. The van der Waals surface area contributed by atoms with E-state index in [4.69, 9.17) is 5.11 Å². The fourth-order valence-electron chi connectivity index (χ4n) is 1.79. The Morgan fingerprint density at radius 1 is 1.00 bits per heavy atom. The summed E-state index contributed by atoms with van der Waals surface area (Å²) in [6.45, 7) is -0.0422. The number of aliphatic hydroxyl groups excluding tert-OH is 1. The van der Waals surface area contributed by atoms with Crippen LogP contribution in [0.3, 0.4) is 0 Å². The van der Waals surface area contributed by atoms with E-state index >= 15 is 0 Å². The third-order valence-electron chi connectivity index (χ3n) is 2.89. The molecular formula is C15H12F3NO2. The highest BCUT2D eigenvalue weighted by Gasteiger charge is 2.18. The van der Waals surface area contributed by atoms with Crippen LogP contribution in [0.4, 0.5) is 13.2 Å². The third-order valence-corrected chi connectivity index (χ3v) is 2.89. The number of hydrogen-bond acceptors (Lipinski definition) is 2. The highest BCUT2D eigenvalue weighted by atomic mass is 19.1. The molecule has 0 aliphatic carbocycles. The molecule has 2 aromatic rings. The quantitative estimate of drug-likeness (QED) is 0.910. The third kappa shape index (κ3) is 3.61. The number of nitrogens with one attached hydrogen (secondary N) is 1. The minimum absolute atomic E-state index is 0.0563. The van der Waals surface area contributed by atoms with Gasteiger partial charge in [0.2, 0.25) is 0 Å². The van der Waals surface area contributed by atoms with Crippen molar-refractivity contribution in [3.63, 3.8) is 0 Å². The Hall–Kier alpha value is -2.34. The second-order valence-corrected chi connectivity index (χ2v) is 4.40. The molecule has 0 aliphatic rings. The summed E-state index contributed by atoms with van der Waals surface area (Å²) in [7, 11) is 0. The van der Waals surface area contributed by atoms with Gasteiger partial charge in [-0.05, 0) is 11.1 Å². The van der Waals surface area contributed by atoms with Crippen molar-refractivity contribution in [1.82, 2.24) is 5.32 Å². The van der Waals surface area contributed by atoms with Crippen LogP contribution in [0, 0.1) is 17.5 Å². The van der Waals surface area contributed by atoms with Crippen molar-refractivity contribution in [3.8, 4) is 0 Å². The number of rotatable bonds is 4. The summed E-state index contributed by atoms with van der Waals surface area (Å²) in [5.41, 5.74) is 0.590. The molecule has 0 saturated heterocycles. The van der Waals surface area contributed by atoms with Crippen molar-refractivity contribution in [2.24, 2.45) is 0 Å². The van der Waals surface area contributed by atoms with Gasteiger partial charge in [0.1, 0.15) is 23.0 Å². The topological polar surface area (TPSA) is 49.3 Å². The van der Waals surface area contributed by atoms with Gasteiger partial charge in [-0.1, -0.05) is 24.3 Å². The van der Waals surface area contributed by atoms with Crippen molar-refractivity contribution in [1.29, 1.82) is 0 Å². The van der Waals surface area contributed by atoms with Crippen LogP contribution in [-0.2, 0) is 13.2 Å². The first-order chi connectivity index (χ1) is 10.0. The highest BCUT2D eigenvalue weighted by Crippen LogP contribution is 2.15. The van der Waals surface area contributed by atoms with Gasteiger partial charge in [0.05, 0.1) is 6.61 Å². The van der Waals surface area contributed by atoms with Crippen LogP contribution < -0.4 is 5.32 Å². The maximum absolute atomic E-state index is 13.4.